The topological polar surface area (TPSA) is 54.5 Å². The van der Waals surface area contributed by atoms with Gasteiger partial charge >= 0.3 is 0 Å². The monoisotopic (exact) mass is 357 g/mol. The number of likely N-dealkylation sites (tertiary alicyclic amines) is 1. The summed E-state index contributed by atoms with van der Waals surface area (Å²) in [7, 11) is 0. The summed E-state index contributed by atoms with van der Waals surface area (Å²) in [5, 5.41) is 3.37. The van der Waals surface area contributed by atoms with Crippen molar-refractivity contribution in [3.63, 3.8) is 0 Å². The van der Waals surface area contributed by atoms with E-state index >= 15 is 0 Å². The molecule has 4 rings (SSSR count). The van der Waals surface area contributed by atoms with Gasteiger partial charge in [-0.05, 0) is 43.2 Å². The Morgan fingerprint density at radius 1 is 1.31 bits per heavy atom. The molecule has 1 aliphatic carbocycles. The molecule has 1 saturated carbocycles. The first kappa shape index (κ1) is 17.9. The third-order valence-electron chi connectivity index (χ3n) is 6.53. The summed E-state index contributed by atoms with van der Waals surface area (Å²) < 4.78 is 5.91. The Morgan fingerprint density at radius 2 is 2.19 bits per heavy atom. The standard InChI is InChI=1S/C21H31N3O2/c1-15-12-24(13-16-6-4-5-10-22-16)11-9-19(15)23-21(25)18-14-26-20-8-3-2-7-17(18)20/h4-6,10,15,17-20H,2-3,7-9,11-14H2,1H3,(H,23,25)/t15?,17-,18-,19?,20-/m1/s1. The highest BCUT2D eigenvalue weighted by Crippen LogP contribution is 2.38. The number of carbonyl (C=O) groups excluding carboxylic acids is 1. The van der Waals surface area contributed by atoms with Crippen LogP contribution in [0.1, 0.15) is 44.7 Å². The molecule has 5 nitrogen and oxygen atoms in total. The molecule has 142 valence electrons. The van der Waals surface area contributed by atoms with Crippen molar-refractivity contribution in [2.75, 3.05) is 19.7 Å². The average Bonchev–Trinajstić information content (AvgIpc) is 3.09. The molecule has 0 radical (unpaired) electrons. The number of piperidine rings is 1. The second-order valence-electron chi connectivity index (χ2n) is 8.36. The van der Waals surface area contributed by atoms with Crippen LogP contribution in [-0.2, 0) is 16.1 Å². The van der Waals surface area contributed by atoms with Crippen LogP contribution in [0, 0.1) is 17.8 Å². The number of aromatic nitrogens is 1. The van der Waals surface area contributed by atoms with Gasteiger partial charge in [-0.25, -0.2) is 0 Å². The zero-order chi connectivity index (χ0) is 17.9. The van der Waals surface area contributed by atoms with Gasteiger partial charge in [0.2, 0.25) is 5.91 Å². The minimum absolute atomic E-state index is 0.0686. The molecule has 0 bridgehead atoms. The van der Waals surface area contributed by atoms with Crippen LogP contribution in [0.4, 0.5) is 0 Å². The Balaban J connectivity index is 1.29. The molecule has 2 aliphatic heterocycles. The molecule has 1 aromatic rings. The van der Waals surface area contributed by atoms with Gasteiger partial charge in [0.15, 0.2) is 0 Å². The number of carbonyl (C=O) groups is 1. The first-order chi connectivity index (χ1) is 12.7. The maximum atomic E-state index is 12.9. The first-order valence-electron chi connectivity index (χ1n) is 10.2. The highest BCUT2D eigenvalue weighted by atomic mass is 16.5. The van der Waals surface area contributed by atoms with Gasteiger partial charge in [-0.15, -0.1) is 0 Å². The summed E-state index contributed by atoms with van der Waals surface area (Å²) in [4.78, 5) is 19.8. The molecule has 3 heterocycles. The lowest BCUT2D eigenvalue weighted by Gasteiger charge is -2.38. The van der Waals surface area contributed by atoms with Crippen molar-refractivity contribution in [3.8, 4) is 0 Å². The number of fused-ring (bicyclic) bond motifs is 1. The van der Waals surface area contributed by atoms with Crippen LogP contribution in [-0.4, -0.2) is 47.6 Å². The quantitative estimate of drug-likeness (QED) is 0.900. The van der Waals surface area contributed by atoms with E-state index in [0.717, 1.165) is 44.6 Å². The molecule has 1 amide bonds. The van der Waals surface area contributed by atoms with E-state index in [0.29, 0.717) is 24.5 Å². The minimum Gasteiger partial charge on any atom is -0.377 e. The highest BCUT2D eigenvalue weighted by molar-refractivity contribution is 5.79. The third-order valence-corrected chi connectivity index (χ3v) is 6.53. The first-order valence-corrected chi connectivity index (χ1v) is 10.2. The van der Waals surface area contributed by atoms with Crippen molar-refractivity contribution < 1.29 is 9.53 Å². The molecular weight excluding hydrogens is 326 g/mol. The lowest BCUT2D eigenvalue weighted by Crippen LogP contribution is -2.51. The summed E-state index contributed by atoms with van der Waals surface area (Å²) >= 11 is 0. The summed E-state index contributed by atoms with van der Waals surface area (Å²) in [6.07, 6.45) is 7.99. The molecule has 3 fully saturated rings. The molecule has 1 aromatic heterocycles. The second kappa shape index (κ2) is 8.05. The summed E-state index contributed by atoms with van der Waals surface area (Å²) in [5.74, 6) is 1.21. The number of hydrogen-bond acceptors (Lipinski definition) is 4. The highest BCUT2D eigenvalue weighted by Gasteiger charge is 2.43. The van der Waals surface area contributed by atoms with Crippen LogP contribution in [0.2, 0.25) is 0 Å². The summed E-state index contributed by atoms with van der Waals surface area (Å²) in [6.45, 7) is 5.79. The van der Waals surface area contributed by atoms with Crippen LogP contribution in [0.15, 0.2) is 24.4 Å². The van der Waals surface area contributed by atoms with Crippen LogP contribution in [0.3, 0.4) is 0 Å². The number of amides is 1. The molecule has 1 N–H and O–H groups in total. The maximum absolute atomic E-state index is 12.9. The molecular formula is C21H31N3O2. The molecule has 2 unspecified atom stereocenters. The normalized spacial score (nSPS) is 35.0. The van der Waals surface area contributed by atoms with E-state index in [1.54, 1.807) is 0 Å². The van der Waals surface area contributed by atoms with E-state index in [4.69, 9.17) is 4.74 Å². The Labute approximate surface area is 156 Å². The van der Waals surface area contributed by atoms with Gasteiger partial charge < -0.3 is 10.1 Å². The third kappa shape index (κ3) is 3.94. The number of pyridine rings is 1. The number of nitrogens with one attached hydrogen (secondary N) is 1. The SMILES string of the molecule is CC1CN(Cc2ccccn2)CCC1NC(=O)[C@@H]1CO[C@@H]2CCCC[C@@H]21. The van der Waals surface area contributed by atoms with E-state index < -0.39 is 0 Å². The fourth-order valence-corrected chi connectivity index (χ4v) is 5.01. The Morgan fingerprint density at radius 3 is 3.00 bits per heavy atom. The van der Waals surface area contributed by atoms with E-state index in [-0.39, 0.29) is 17.9 Å². The zero-order valence-electron chi connectivity index (χ0n) is 15.8. The van der Waals surface area contributed by atoms with Crippen LogP contribution < -0.4 is 5.32 Å². The van der Waals surface area contributed by atoms with Crippen LogP contribution in [0.5, 0.6) is 0 Å². The van der Waals surface area contributed by atoms with E-state index in [9.17, 15) is 4.79 Å². The average molecular weight is 357 g/mol. The molecule has 0 spiro atoms. The number of nitrogens with zero attached hydrogens (tertiary/aromatic N) is 2. The number of rotatable bonds is 4. The molecule has 5 atom stereocenters. The van der Waals surface area contributed by atoms with Crippen molar-refractivity contribution in [2.45, 2.75) is 57.7 Å². The lowest BCUT2D eigenvalue weighted by atomic mass is 9.79. The van der Waals surface area contributed by atoms with E-state index in [1.165, 1.54) is 12.8 Å². The summed E-state index contributed by atoms with van der Waals surface area (Å²) in [5.41, 5.74) is 1.12. The maximum Gasteiger partial charge on any atom is 0.226 e. The Kier molecular flexibility index (Phi) is 5.55. The molecule has 0 aromatic carbocycles. The van der Waals surface area contributed by atoms with E-state index in [1.807, 2.05) is 18.3 Å². The Hall–Kier alpha value is -1.46. The molecule has 3 aliphatic rings. The molecule has 5 heteroatoms. The number of hydrogen-bond donors (Lipinski definition) is 1. The van der Waals surface area contributed by atoms with E-state index in [2.05, 4.69) is 28.2 Å². The molecule has 26 heavy (non-hydrogen) atoms. The zero-order valence-corrected chi connectivity index (χ0v) is 15.8. The fraction of sp³-hybridized carbons (Fsp3) is 0.714. The van der Waals surface area contributed by atoms with Gasteiger partial charge in [-0.2, -0.15) is 0 Å². The predicted molar refractivity (Wildman–Crippen MR) is 100 cm³/mol. The number of ether oxygens (including phenoxy) is 1. The van der Waals surface area contributed by atoms with Gasteiger partial charge in [0.25, 0.3) is 0 Å². The van der Waals surface area contributed by atoms with Gasteiger partial charge in [0.1, 0.15) is 0 Å². The van der Waals surface area contributed by atoms with Crippen LogP contribution in [0.25, 0.3) is 0 Å². The van der Waals surface area contributed by atoms with Crippen molar-refractivity contribution >= 4 is 5.91 Å². The minimum atomic E-state index is 0.0686. The van der Waals surface area contributed by atoms with Crippen molar-refractivity contribution in [1.82, 2.24) is 15.2 Å². The van der Waals surface area contributed by atoms with Crippen LogP contribution >= 0.6 is 0 Å². The summed E-state index contributed by atoms with van der Waals surface area (Å²) in [6, 6.07) is 6.36. The lowest BCUT2D eigenvalue weighted by molar-refractivity contribution is -0.127. The Bertz CT molecular complexity index is 609. The second-order valence-corrected chi connectivity index (χ2v) is 8.36. The van der Waals surface area contributed by atoms with Crippen molar-refractivity contribution in [2.24, 2.45) is 17.8 Å². The predicted octanol–water partition coefficient (Wildman–Crippen LogP) is 2.61. The van der Waals surface area contributed by atoms with Gasteiger partial charge in [-0.1, -0.05) is 25.8 Å². The van der Waals surface area contributed by atoms with Crippen molar-refractivity contribution in [1.29, 1.82) is 0 Å². The van der Waals surface area contributed by atoms with Crippen molar-refractivity contribution in [3.05, 3.63) is 30.1 Å². The smallest absolute Gasteiger partial charge is 0.226 e. The van der Waals surface area contributed by atoms with Gasteiger partial charge in [0, 0.05) is 31.9 Å². The fourth-order valence-electron chi connectivity index (χ4n) is 5.01. The van der Waals surface area contributed by atoms with Gasteiger partial charge in [0.05, 0.1) is 24.3 Å². The molecule has 2 saturated heterocycles. The largest absolute Gasteiger partial charge is 0.377 e. The van der Waals surface area contributed by atoms with Gasteiger partial charge in [-0.3, -0.25) is 14.7 Å².